The lowest BCUT2D eigenvalue weighted by Gasteiger charge is -2.12. The van der Waals surface area contributed by atoms with Gasteiger partial charge in [-0.2, -0.15) is 0 Å². The Bertz CT molecular complexity index is 1030. The van der Waals surface area contributed by atoms with Crippen molar-refractivity contribution in [2.24, 2.45) is 17.8 Å². The van der Waals surface area contributed by atoms with Crippen molar-refractivity contribution >= 4 is 35.4 Å². The monoisotopic (exact) mass is 949 g/mol. The minimum atomic E-state index is -0.0560. The molecule has 18 heteroatoms. The number of unbranched alkanes of at least 4 members (excludes halogenated alkanes) is 6. The molecule has 18 nitrogen and oxygen atoms in total. The second-order valence-corrected chi connectivity index (χ2v) is 16.2. The van der Waals surface area contributed by atoms with Gasteiger partial charge < -0.3 is 60.3 Å². The van der Waals surface area contributed by atoms with Crippen LogP contribution in [0.4, 0.5) is 0 Å². The van der Waals surface area contributed by atoms with Crippen LogP contribution in [0.3, 0.4) is 0 Å². The molecule has 0 rings (SSSR count). The van der Waals surface area contributed by atoms with Gasteiger partial charge in [0.2, 0.25) is 35.4 Å². The third-order valence-corrected chi connectivity index (χ3v) is 9.68. The molecule has 0 spiro atoms. The van der Waals surface area contributed by atoms with Crippen LogP contribution in [0, 0.1) is 17.8 Å². The Morgan fingerprint density at radius 1 is 0.318 bits per heavy atom. The maximum Gasteiger partial charge on any atom is 0.222 e. The number of carbonyl (C=O) groups is 6. The highest BCUT2D eigenvalue weighted by Gasteiger charge is 2.13. The van der Waals surface area contributed by atoms with Crippen molar-refractivity contribution < 1.29 is 57.2 Å². The zero-order valence-corrected chi connectivity index (χ0v) is 42.8. The molecule has 0 saturated heterocycles. The van der Waals surface area contributed by atoms with E-state index in [2.05, 4.69) is 52.7 Å². The topological polar surface area (TPSA) is 230 Å². The lowest BCUT2D eigenvalue weighted by Crippen LogP contribution is -2.32. The highest BCUT2D eigenvalue weighted by atomic mass is 16.5. The molecule has 0 radical (unpaired) electrons. The van der Waals surface area contributed by atoms with E-state index in [-0.39, 0.29) is 53.2 Å². The van der Waals surface area contributed by atoms with Crippen molar-refractivity contribution in [3.63, 3.8) is 0 Å². The van der Waals surface area contributed by atoms with E-state index >= 15 is 0 Å². The number of nitrogens with one attached hydrogen (secondary N) is 6. The maximum absolute atomic E-state index is 11.8. The van der Waals surface area contributed by atoms with Gasteiger partial charge in [-0.3, -0.25) is 28.8 Å². The smallest absolute Gasteiger partial charge is 0.222 e. The Kier molecular flexibility index (Phi) is 53.2. The fourth-order valence-electron chi connectivity index (χ4n) is 5.62. The zero-order valence-electron chi connectivity index (χ0n) is 42.8. The van der Waals surface area contributed by atoms with E-state index in [4.69, 9.17) is 28.4 Å². The molecule has 0 aliphatic heterocycles. The molecule has 0 fully saturated rings. The molecular weight excluding hydrogens is 853 g/mol. The van der Waals surface area contributed by atoms with Crippen LogP contribution in [0.1, 0.15) is 139 Å². The molecule has 0 bridgehead atoms. The molecule has 390 valence electrons. The van der Waals surface area contributed by atoms with E-state index in [0.29, 0.717) is 119 Å². The van der Waals surface area contributed by atoms with Gasteiger partial charge in [0.25, 0.3) is 0 Å². The fraction of sp³-hybridized carbons (Fsp3) is 0.875. The zero-order chi connectivity index (χ0) is 49.9. The van der Waals surface area contributed by atoms with Crippen LogP contribution in [0.25, 0.3) is 0 Å². The van der Waals surface area contributed by atoms with E-state index in [9.17, 15) is 28.8 Å². The highest BCUT2D eigenvalue weighted by molar-refractivity contribution is 5.79. The Morgan fingerprint density at radius 2 is 0.515 bits per heavy atom. The number of hydrogen-bond acceptors (Lipinski definition) is 12. The third kappa shape index (κ3) is 54.9. The van der Waals surface area contributed by atoms with Crippen LogP contribution in [0.5, 0.6) is 0 Å². The minimum absolute atomic E-state index is 0.0560. The Balaban J connectivity index is -0.000000902. The van der Waals surface area contributed by atoms with E-state index in [1.165, 1.54) is 59.3 Å². The summed E-state index contributed by atoms with van der Waals surface area (Å²) in [5.74, 6) is 0.360. The third-order valence-electron chi connectivity index (χ3n) is 9.68. The van der Waals surface area contributed by atoms with E-state index in [1.54, 1.807) is 0 Å². The number of amides is 6. The summed E-state index contributed by atoms with van der Waals surface area (Å²) in [6.07, 6.45) is 13.2. The summed E-state index contributed by atoms with van der Waals surface area (Å²) < 4.78 is 31.9. The van der Waals surface area contributed by atoms with Crippen LogP contribution < -0.4 is 31.9 Å². The first-order valence-corrected chi connectivity index (χ1v) is 24.8. The minimum Gasteiger partial charge on any atom is -0.377 e. The molecule has 0 aromatic heterocycles. The number of hydrogen-bond donors (Lipinski definition) is 6. The second-order valence-electron chi connectivity index (χ2n) is 16.2. The molecule has 0 heterocycles. The summed E-state index contributed by atoms with van der Waals surface area (Å²) in [5, 5.41) is 16.6. The average Bonchev–Trinajstić information content (AvgIpc) is 3.28. The van der Waals surface area contributed by atoms with Gasteiger partial charge in [-0.25, -0.2) is 0 Å². The molecule has 0 aromatic carbocycles. The first kappa shape index (κ1) is 66.9. The molecular formula is C48H96N6O12. The molecule has 0 saturated carbocycles. The summed E-state index contributed by atoms with van der Waals surface area (Å²) in [7, 11) is 0. The van der Waals surface area contributed by atoms with Crippen molar-refractivity contribution in [1.82, 2.24) is 31.9 Å². The normalized spacial score (nSPS) is 12.0. The molecule has 3 atom stereocenters. The maximum atomic E-state index is 11.8. The predicted octanol–water partition coefficient (Wildman–Crippen LogP) is 4.46. The summed E-state index contributed by atoms with van der Waals surface area (Å²) in [6.45, 7) is 25.8. The predicted molar refractivity (Wildman–Crippen MR) is 260 cm³/mol. The lowest BCUT2D eigenvalue weighted by molar-refractivity contribution is -0.125. The van der Waals surface area contributed by atoms with Gasteiger partial charge in [0.05, 0.1) is 79.3 Å². The van der Waals surface area contributed by atoms with Crippen LogP contribution in [0.2, 0.25) is 0 Å². The van der Waals surface area contributed by atoms with Gasteiger partial charge in [0, 0.05) is 77.8 Å². The van der Waals surface area contributed by atoms with Crippen molar-refractivity contribution in [3.8, 4) is 0 Å². The molecule has 3 unspecified atom stereocenters. The second kappa shape index (κ2) is 52.5. The van der Waals surface area contributed by atoms with Gasteiger partial charge in [0.15, 0.2) is 0 Å². The van der Waals surface area contributed by atoms with Crippen LogP contribution in [0.15, 0.2) is 0 Å². The first-order valence-electron chi connectivity index (χ1n) is 24.8. The largest absolute Gasteiger partial charge is 0.377 e. The Hall–Kier alpha value is -3.42. The lowest BCUT2D eigenvalue weighted by atomic mass is 10.0. The summed E-state index contributed by atoms with van der Waals surface area (Å²) in [6, 6.07) is 0. The van der Waals surface area contributed by atoms with Crippen LogP contribution in [-0.2, 0) is 57.2 Å². The fourth-order valence-corrected chi connectivity index (χ4v) is 5.62. The van der Waals surface area contributed by atoms with E-state index < -0.39 is 0 Å². The molecule has 6 amide bonds. The first-order chi connectivity index (χ1) is 31.7. The van der Waals surface area contributed by atoms with E-state index in [1.807, 2.05) is 20.8 Å². The molecule has 0 aliphatic carbocycles. The average molecular weight is 949 g/mol. The van der Waals surface area contributed by atoms with Crippen LogP contribution in [-0.4, -0.2) is 154 Å². The van der Waals surface area contributed by atoms with Crippen molar-refractivity contribution in [3.05, 3.63) is 0 Å². The van der Waals surface area contributed by atoms with Gasteiger partial charge >= 0.3 is 0 Å². The van der Waals surface area contributed by atoms with Crippen molar-refractivity contribution in [2.45, 2.75) is 139 Å². The van der Waals surface area contributed by atoms with Gasteiger partial charge in [-0.1, -0.05) is 99.3 Å². The number of rotatable bonds is 42. The van der Waals surface area contributed by atoms with Gasteiger partial charge in [-0.15, -0.1) is 0 Å². The van der Waals surface area contributed by atoms with Gasteiger partial charge in [-0.05, 0) is 19.3 Å². The van der Waals surface area contributed by atoms with Gasteiger partial charge in [0.1, 0.15) is 0 Å². The van der Waals surface area contributed by atoms with Crippen LogP contribution >= 0.6 is 0 Å². The van der Waals surface area contributed by atoms with E-state index in [0.717, 1.165) is 38.5 Å². The molecule has 6 N–H and O–H groups in total. The molecule has 0 aromatic rings. The summed E-state index contributed by atoms with van der Waals surface area (Å²) >= 11 is 0. The summed E-state index contributed by atoms with van der Waals surface area (Å²) in [5.41, 5.74) is 0. The SMILES string of the molecule is CCCCCC(C)C(=O)NCCOCCOCCNC(C)=O.CCCCCC(C)C(=O)NCCOCCOCCNC(C)=O.CCCCCC(C)C(=O)NCCOCCOCCNC(C)=O. The molecule has 0 aliphatic rings. The van der Waals surface area contributed by atoms with Crippen molar-refractivity contribution in [2.75, 3.05) is 119 Å². The quantitative estimate of drug-likeness (QED) is 0.0466. The summed E-state index contributed by atoms with van der Waals surface area (Å²) in [4.78, 5) is 67.1. The number of ether oxygens (including phenoxy) is 6. The molecule has 66 heavy (non-hydrogen) atoms. The highest BCUT2D eigenvalue weighted by Crippen LogP contribution is 2.10. The standard InChI is InChI=1S/3C16H32N2O4/c3*1-4-5-6-7-14(2)16(20)18-9-11-22-13-12-21-10-8-17-15(3)19/h3*14H,4-13H2,1-3H3,(H,17,19)(H,18,20). The Morgan fingerprint density at radius 3 is 0.697 bits per heavy atom. The Labute approximate surface area is 399 Å². The van der Waals surface area contributed by atoms with Crippen molar-refractivity contribution in [1.29, 1.82) is 0 Å². The number of carbonyl (C=O) groups excluding carboxylic acids is 6.